The van der Waals surface area contributed by atoms with Crippen LogP contribution in [0.5, 0.6) is 5.75 Å². The number of alkyl halides is 3. The fourth-order valence-corrected chi connectivity index (χ4v) is 7.16. The first-order chi connectivity index (χ1) is 22.4. The normalized spacial score (nSPS) is 19.6. The summed E-state index contributed by atoms with van der Waals surface area (Å²) in [5, 5.41) is 12.8. The van der Waals surface area contributed by atoms with Crippen LogP contribution in [-0.2, 0) is 0 Å². The summed E-state index contributed by atoms with van der Waals surface area (Å²) in [4.78, 5) is 19.7. The Bertz CT molecular complexity index is 1760. The van der Waals surface area contributed by atoms with E-state index in [1.807, 2.05) is 55.3 Å². The number of nitrogens with zero attached hydrogens (tertiary/aromatic N) is 4. The molecule has 1 saturated carbocycles. The molecule has 3 unspecified atom stereocenters. The van der Waals surface area contributed by atoms with E-state index >= 15 is 0 Å². The van der Waals surface area contributed by atoms with Gasteiger partial charge in [-0.2, -0.15) is 0 Å². The predicted octanol–water partition coefficient (Wildman–Crippen LogP) is 8.43. The van der Waals surface area contributed by atoms with E-state index in [-0.39, 0.29) is 41.0 Å². The number of ether oxygens (including phenoxy) is 1. The van der Waals surface area contributed by atoms with Crippen LogP contribution in [-0.4, -0.2) is 38.7 Å². The topological polar surface area (TPSA) is 84.3 Å². The first-order valence-electron chi connectivity index (χ1n) is 15.3. The van der Waals surface area contributed by atoms with Crippen molar-refractivity contribution in [3.05, 3.63) is 101 Å². The minimum Gasteiger partial charge on any atom is -0.406 e. The van der Waals surface area contributed by atoms with Crippen LogP contribution in [0.2, 0.25) is 0 Å². The van der Waals surface area contributed by atoms with Gasteiger partial charge in [-0.1, -0.05) is 56.3 Å². The van der Waals surface area contributed by atoms with Gasteiger partial charge < -0.3 is 20.3 Å². The number of anilines is 1. The van der Waals surface area contributed by atoms with E-state index in [4.69, 9.17) is 0 Å². The van der Waals surface area contributed by atoms with E-state index in [1.165, 1.54) is 53.1 Å². The molecule has 2 N–H and O–H groups in total. The van der Waals surface area contributed by atoms with Crippen LogP contribution in [0.25, 0.3) is 17.1 Å². The van der Waals surface area contributed by atoms with Gasteiger partial charge in [0.05, 0.1) is 5.69 Å². The molecule has 0 saturated heterocycles. The van der Waals surface area contributed by atoms with Crippen molar-refractivity contribution in [3.63, 3.8) is 0 Å². The van der Waals surface area contributed by atoms with Gasteiger partial charge in [-0.25, -0.2) is 18.9 Å². The van der Waals surface area contributed by atoms with Crippen molar-refractivity contribution >= 4 is 23.5 Å². The van der Waals surface area contributed by atoms with Gasteiger partial charge in [0.25, 0.3) is 0 Å². The summed E-state index contributed by atoms with van der Waals surface area (Å²) in [6.07, 6.45) is -0.490. The molecule has 246 valence electrons. The molecule has 3 atom stereocenters. The molecule has 0 radical (unpaired) electrons. The van der Waals surface area contributed by atoms with Crippen molar-refractivity contribution in [1.29, 1.82) is 0 Å². The minimum absolute atomic E-state index is 0.0477. The number of allylic oxidation sites excluding steroid dienone is 1. The van der Waals surface area contributed by atoms with Crippen LogP contribution in [0, 0.1) is 5.82 Å². The number of carbonyl (C=O) groups excluding carboxylic acids is 1. The number of urea groups is 1. The highest BCUT2D eigenvalue weighted by Crippen LogP contribution is 2.39. The average molecular weight is 667 g/mol. The molecule has 8 nitrogen and oxygen atoms in total. The van der Waals surface area contributed by atoms with E-state index in [1.54, 1.807) is 12.1 Å². The second-order valence-corrected chi connectivity index (χ2v) is 12.9. The molecular weight excluding hydrogens is 632 g/mol. The quantitative estimate of drug-likeness (QED) is 0.184. The van der Waals surface area contributed by atoms with Gasteiger partial charge in [-0.3, -0.25) is 0 Å². The Morgan fingerprint density at radius 3 is 2.47 bits per heavy atom. The third-order valence-corrected chi connectivity index (χ3v) is 9.43. The van der Waals surface area contributed by atoms with Gasteiger partial charge in [0.2, 0.25) is 0 Å². The Hall–Kier alpha value is -4.52. The molecule has 1 aliphatic heterocycles. The first-order valence-corrected chi connectivity index (χ1v) is 16.3. The fraction of sp³-hybridized carbons (Fsp3) is 0.324. The number of aromatic nitrogens is 3. The van der Waals surface area contributed by atoms with E-state index in [0.717, 1.165) is 47.3 Å². The molecule has 1 aromatic heterocycles. The number of amides is 2. The molecule has 1 fully saturated rings. The Labute approximate surface area is 274 Å². The third-order valence-electron chi connectivity index (χ3n) is 8.36. The van der Waals surface area contributed by atoms with Gasteiger partial charge in [0, 0.05) is 28.9 Å². The zero-order valence-corrected chi connectivity index (χ0v) is 26.8. The highest BCUT2D eigenvalue weighted by Gasteiger charge is 2.34. The number of halogens is 4. The van der Waals surface area contributed by atoms with E-state index in [9.17, 15) is 22.4 Å². The maximum absolute atomic E-state index is 14.1. The zero-order valence-electron chi connectivity index (χ0n) is 26.0. The lowest BCUT2D eigenvalue weighted by molar-refractivity contribution is -0.274. The Morgan fingerprint density at radius 2 is 1.77 bits per heavy atom. The van der Waals surface area contributed by atoms with Crippen molar-refractivity contribution < 1.29 is 27.1 Å². The summed E-state index contributed by atoms with van der Waals surface area (Å²) < 4.78 is 56.9. The summed E-state index contributed by atoms with van der Waals surface area (Å²) in [7, 11) is 0. The van der Waals surface area contributed by atoms with E-state index in [2.05, 4.69) is 25.5 Å². The van der Waals surface area contributed by atoms with Gasteiger partial charge in [-0.05, 0) is 84.7 Å². The summed E-state index contributed by atoms with van der Waals surface area (Å²) >= 11 is 1.50. The average Bonchev–Trinajstić information content (AvgIpc) is 3.78. The Kier molecular flexibility index (Phi) is 9.18. The molecule has 0 spiro atoms. The number of benzene rings is 3. The van der Waals surface area contributed by atoms with Crippen LogP contribution in [0.3, 0.4) is 0 Å². The number of hydrogen-bond acceptors (Lipinski definition) is 6. The third kappa shape index (κ3) is 7.40. The van der Waals surface area contributed by atoms with Crippen molar-refractivity contribution in [2.45, 2.75) is 69.8 Å². The van der Waals surface area contributed by atoms with E-state index < -0.39 is 6.36 Å². The van der Waals surface area contributed by atoms with Crippen molar-refractivity contribution in [2.75, 3.05) is 4.90 Å². The van der Waals surface area contributed by atoms with Gasteiger partial charge in [-0.15, -0.1) is 18.3 Å². The van der Waals surface area contributed by atoms with Crippen molar-refractivity contribution in [1.82, 2.24) is 25.4 Å². The second-order valence-electron chi connectivity index (χ2n) is 11.9. The summed E-state index contributed by atoms with van der Waals surface area (Å²) in [5.41, 5.74) is 4.78. The molecular formula is C34H34F4N6O2S. The molecule has 1 aliphatic carbocycles. The summed E-state index contributed by atoms with van der Waals surface area (Å²) in [6.45, 7) is 6.02. The van der Waals surface area contributed by atoms with Crippen LogP contribution in [0.15, 0.2) is 84.2 Å². The minimum atomic E-state index is -4.76. The van der Waals surface area contributed by atoms with Gasteiger partial charge in [0.1, 0.15) is 17.9 Å². The first kappa shape index (κ1) is 32.4. The standard InChI is InChI=1S/C34H34F4N6O2S/c1-20(2)28-17-24(35)11-16-30(28)44-21(3)18-47-33(44)41-32(45)40-29-6-4-5-27(29)22-7-9-23(10-8-22)31-39-19-43(42-31)25-12-14-26(15-13-25)46-34(36,37)38/h7-20,27,29,33H,4-6H2,1-3H3,(H2,40,41,45). The molecule has 2 heterocycles. The SMILES string of the molecule is CC1=CSC(NC(=O)NC2CCCC2c2ccc(-c3ncn(-c4ccc(OC(F)(F)F)cc4)n3)cc2)N1c1ccc(F)cc1C(C)C. The number of thioether (sulfide) groups is 1. The maximum Gasteiger partial charge on any atom is 0.573 e. The maximum atomic E-state index is 14.1. The number of carbonyl (C=O) groups is 1. The Balaban J connectivity index is 1.09. The molecule has 4 aromatic rings. The number of hydrogen-bond donors (Lipinski definition) is 2. The highest BCUT2D eigenvalue weighted by molar-refractivity contribution is 8.03. The zero-order chi connectivity index (χ0) is 33.3. The highest BCUT2D eigenvalue weighted by atomic mass is 32.2. The molecule has 3 aromatic carbocycles. The molecule has 0 bridgehead atoms. The summed E-state index contributed by atoms with van der Waals surface area (Å²) in [5.74, 6) is 0.109. The summed E-state index contributed by atoms with van der Waals surface area (Å²) in [6, 6.07) is 17.8. The lowest BCUT2D eigenvalue weighted by Gasteiger charge is -2.32. The van der Waals surface area contributed by atoms with Crippen molar-refractivity contribution in [3.8, 4) is 22.8 Å². The molecule has 2 aliphatic rings. The van der Waals surface area contributed by atoms with Crippen LogP contribution in [0.4, 0.5) is 28.0 Å². The molecule has 13 heteroatoms. The lowest BCUT2D eigenvalue weighted by atomic mass is 9.93. The number of rotatable bonds is 8. The second kappa shape index (κ2) is 13.3. The molecule has 6 rings (SSSR count). The monoisotopic (exact) mass is 666 g/mol. The predicted molar refractivity (Wildman–Crippen MR) is 174 cm³/mol. The van der Waals surface area contributed by atoms with E-state index in [0.29, 0.717) is 11.5 Å². The fourth-order valence-electron chi connectivity index (χ4n) is 6.14. The Morgan fingerprint density at radius 1 is 1.02 bits per heavy atom. The van der Waals surface area contributed by atoms with Crippen LogP contribution < -0.4 is 20.3 Å². The smallest absolute Gasteiger partial charge is 0.406 e. The largest absolute Gasteiger partial charge is 0.573 e. The van der Waals surface area contributed by atoms with Crippen molar-refractivity contribution in [2.24, 2.45) is 0 Å². The van der Waals surface area contributed by atoms with Gasteiger partial charge in [0.15, 0.2) is 11.3 Å². The van der Waals surface area contributed by atoms with Gasteiger partial charge >= 0.3 is 12.4 Å². The van der Waals surface area contributed by atoms with Crippen LogP contribution in [0.1, 0.15) is 63.0 Å². The number of nitrogens with one attached hydrogen (secondary N) is 2. The molecule has 2 amide bonds. The lowest BCUT2D eigenvalue weighted by Crippen LogP contribution is -2.50. The van der Waals surface area contributed by atoms with Crippen LogP contribution >= 0.6 is 11.8 Å². The molecule has 47 heavy (non-hydrogen) atoms.